The molecule has 0 aliphatic rings. The third kappa shape index (κ3) is 5.52. The van der Waals surface area contributed by atoms with Crippen LogP contribution in [-0.2, 0) is 21.4 Å². The van der Waals surface area contributed by atoms with E-state index in [2.05, 4.69) is 5.32 Å². The van der Waals surface area contributed by atoms with Crippen molar-refractivity contribution in [3.63, 3.8) is 0 Å². The summed E-state index contributed by atoms with van der Waals surface area (Å²) in [5.74, 6) is -0.169. The Bertz CT molecular complexity index is 886. The van der Waals surface area contributed by atoms with Crippen molar-refractivity contribution in [1.29, 1.82) is 0 Å². The number of nitrogens with zero attached hydrogens (tertiary/aromatic N) is 1. The lowest BCUT2D eigenvalue weighted by molar-refractivity contribution is -0.119. The zero-order chi connectivity index (χ0) is 19.3. The number of hydrogen-bond acceptors (Lipinski definition) is 4. The maximum absolute atomic E-state index is 12.3. The number of hydrogen-bond donors (Lipinski definition) is 1. The number of benzene rings is 2. The molecule has 9 heteroatoms. The van der Waals surface area contributed by atoms with Crippen molar-refractivity contribution in [3.05, 3.63) is 58.1 Å². The SMILES string of the molecule is COc1ccc(Cl)cc1N(CC(=O)NCc1ccc(Cl)cc1)S(C)(=O)=O. The van der Waals surface area contributed by atoms with Crippen LogP contribution in [0.5, 0.6) is 5.75 Å². The number of sulfonamides is 1. The molecule has 2 aromatic carbocycles. The minimum Gasteiger partial charge on any atom is -0.495 e. The number of nitrogens with one attached hydrogen (secondary N) is 1. The van der Waals surface area contributed by atoms with Crippen molar-refractivity contribution in [1.82, 2.24) is 5.32 Å². The van der Waals surface area contributed by atoms with Crippen molar-refractivity contribution >= 4 is 44.8 Å². The highest BCUT2D eigenvalue weighted by atomic mass is 35.5. The second kappa shape index (κ2) is 8.62. The van der Waals surface area contributed by atoms with E-state index in [1.807, 2.05) is 0 Å². The Labute approximate surface area is 162 Å². The summed E-state index contributed by atoms with van der Waals surface area (Å²) in [5.41, 5.74) is 1.04. The summed E-state index contributed by atoms with van der Waals surface area (Å²) in [6, 6.07) is 11.5. The Balaban J connectivity index is 2.17. The lowest BCUT2D eigenvalue weighted by Crippen LogP contribution is -2.40. The molecule has 26 heavy (non-hydrogen) atoms. The topological polar surface area (TPSA) is 75.7 Å². The zero-order valence-corrected chi connectivity index (χ0v) is 16.5. The van der Waals surface area contributed by atoms with Crippen LogP contribution in [0.4, 0.5) is 5.69 Å². The van der Waals surface area contributed by atoms with Crippen LogP contribution in [0.3, 0.4) is 0 Å². The van der Waals surface area contributed by atoms with Gasteiger partial charge in [0, 0.05) is 16.6 Å². The van der Waals surface area contributed by atoms with Gasteiger partial charge in [0.15, 0.2) is 0 Å². The lowest BCUT2D eigenvalue weighted by Gasteiger charge is -2.24. The van der Waals surface area contributed by atoms with Gasteiger partial charge in [0.1, 0.15) is 12.3 Å². The molecule has 2 rings (SSSR count). The largest absolute Gasteiger partial charge is 0.495 e. The molecule has 0 aromatic heterocycles. The van der Waals surface area contributed by atoms with E-state index in [9.17, 15) is 13.2 Å². The quantitative estimate of drug-likeness (QED) is 0.752. The molecule has 1 amide bonds. The number of methoxy groups -OCH3 is 1. The number of anilines is 1. The molecule has 0 saturated carbocycles. The van der Waals surface area contributed by atoms with E-state index in [1.54, 1.807) is 36.4 Å². The smallest absolute Gasteiger partial charge is 0.241 e. The average molecular weight is 417 g/mol. The van der Waals surface area contributed by atoms with Gasteiger partial charge in [-0.05, 0) is 35.9 Å². The van der Waals surface area contributed by atoms with Gasteiger partial charge in [-0.25, -0.2) is 8.42 Å². The molecular weight excluding hydrogens is 399 g/mol. The number of rotatable bonds is 7. The van der Waals surface area contributed by atoms with E-state index in [-0.39, 0.29) is 12.2 Å². The highest BCUT2D eigenvalue weighted by molar-refractivity contribution is 7.92. The predicted octanol–water partition coefficient (Wildman–Crippen LogP) is 3.08. The van der Waals surface area contributed by atoms with Gasteiger partial charge >= 0.3 is 0 Å². The van der Waals surface area contributed by atoms with Gasteiger partial charge in [-0.2, -0.15) is 0 Å². The van der Waals surface area contributed by atoms with Crippen LogP contribution in [0.15, 0.2) is 42.5 Å². The van der Waals surface area contributed by atoms with Gasteiger partial charge < -0.3 is 10.1 Å². The number of carbonyl (C=O) groups is 1. The van der Waals surface area contributed by atoms with Crippen molar-refractivity contribution in [2.45, 2.75) is 6.54 Å². The molecule has 0 spiro atoms. The highest BCUT2D eigenvalue weighted by Gasteiger charge is 2.24. The first-order valence-electron chi connectivity index (χ1n) is 7.53. The average Bonchev–Trinajstić information content (AvgIpc) is 2.58. The van der Waals surface area contributed by atoms with Crippen LogP contribution in [-0.4, -0.2) is 34.2 Å². The number of amides is 1. The van der Waals surface area contributed by atoms with Crippen LogP contribution in [0.1, 0.15) is 5.56 Å². The minimum atomic E-state index is -3.73. The first-order valence-corrected chi connectivity index (χ1v) is 10.1. The monoisotopic (exact) mass is 416 g/mol. The Morgan fingerprint density at radius 2 is 1.73 bits per heavy atom. The summed E-state index contributed by atoms with van der Waals surface area (Å²) in [6.45, 7) is -0.149. The summed E-state index contributed by atoms with van der Waals surface area (Å²) in [5, 5.41) is 3.60. The second-order valence-electron chi connectivity index (χ2n) is 5.49. The molecule has 0 fully saturated rings. The number of carbonyl (C=O) groups excluding carboxylic acids is 1. The Morgan fingerprint density at radius 1 is 1.12 bits per heavy atom. The summed E-state index contributed by atoms with van der Waals surface area (Å²) in [6.07, 6.45) is 1.01. The van der Waals surface area contributed by atoms with Gasteiger partial charge in [-0.15, -0.1) is 0 Å². The van der Waals surface area contributed by atoms with Gasteiger partial charge in [0.05, 0.1) is 19.1 Å². The van der Waals surface area contributed by atoms with Crippen molar-refractivity contribution in [2.24, 2.45) is 0 Å². The summed E-state index contributed by atoms with van der Waals surface area (Å²) >= 11 is 11.8. The van der Waals surface area contributed by atoms with E-state index >= 15 is 0 Å². The molecule has 140 valence electrons. The molecule has 1 N–H and O–H groups in total. The van der Waals surface area contributed by atoms with Crippen molar-refractivity contribution < 1.29 is 17.9 Å². The van der Waals surface area contributed by atoms with Crippen molar-refractivity contribution in [2.75, 3.05) is 24.2 Å². The normalized spacial score (nSPS) is 11.1. The van der Waals surface area contributed by atoms with Crippen LogP contribution in [0.25, 0.3) is 0 Å². The highest BCUT2D eigenvalue weighted by Crippen LogP contribution is 2.32. The zero-order valence-electron chi connectivity index (χ0n) is 14.2. The van der Waals surface area contributed by atoms with Crippen molar-refractivity contribution in [3.8, 4) is 5.75 Å². The molecule has 0 heterocycles. The predicted molar refractivity (Wildman–Crippen MR) is 103 cm³/mol. The third-order valence-corrected chi connectivity index (χ3v) is 5.11. The molecule has 0 radical (unpaired) electrons. The second-order valence-corrected chi connectivity index (χ2v) is 8.27. The Hall–Kier alpha value is -1.96. The van der Waals surface area contributed by atoms with Crippen LogP contribution >= 0.6 is 23.2 Å². The Kier molecular flexibility index (Phi) is 6.75. The molecule has 0 bridgehead atoms. The third-order valence-electron chi connectivity index (χ3n) is 3.50. The molecule has 2 aromatic rings. The van der Waals surface area contributed by atoms with Crippen LogP contribution in [0, 0.1) is 0 Å². The van der Waals surface area contributed by atoms with Crippen LogP contribution in [0.2, 0.25) is 10.0 Å². The fourth-order valence-electron chi connectivity index (χ4n) is 2.23. The molecule has 0 saturated heterocycles. The van der Waals surface area contributed by atoms with Crippen LogP contribution < -0.4 is 14.4 Å². The summed E-state index contributed by atoms with van der Waals surface area (Å²) in [4.78, 5) is 12.3. The number of ether oxygens (including phenoxy) is 1. The molecule has 6 nitrogen and oxygen atoms in total. The molecule has 0 aliphatic carbocycles. The minimum absolute atomic E-state index is 0.198. The van der Waals surface area contributed by atoms with E-state index in [0.29, 0.717) is 15.8 Å². The molecule has 0 unspecified atom stereocenters. The van der Waals surface area contributed by atoms with Gasteiger partial charge in [-0.1, -0.05) is 35.3 Å². The van der Waals surface area contributed by atoms with Gasteiger partial charge in [0.2, 0.25) is 15.9 Å². The summed E-state index contributed by atoms with van der Waals surface area (Å²) < 4.78 is 30.5. The molecule has 0 aliphatic heterocycles. The first kappa shape index (κ1) is 20.4. The lowest BCUT2D eigenvalue weighted by atomic mass is 10.2. The standard InChI is InChI=1S/C17H18Cl2N2O4S/c1-25-16-8-7-14(19)9-15(16)21(26(2,23)24)11-17(22)20-10-12-3-5-13(18)6-4-12/h3-9H,10-11H2,1-2H3,(H,20,22). The number of halogens is 2. The maximum atomic E-state index is 12.3. The Morgan fingerprint density at radius 3 is 2.31 bits per heavy atom. The van der Waals surface area contributed by atoms with E-state index in [1.165, 1.54) is 13.2 Å². The first-order chi connectivity index (χ1) is 12.2. The molecule has 0 atom stereocenters. The summed E-state index contributed by atoms with van der Waals surface area (Å²) in [7, 11) is -2.32. The van der Waals surface area contributed by atoms with E-state index in [0.717, 1.165) is 16.1 Å². The van der Waals surface area contributed by atoms with E-state index < -0.39 is 22.5 Å². The van der Waals surface area contributed by atoms with Gasteiger partial charge in [-0.3, -0.25) is 9.10 Å². The molecular formula is C17H18Cl2N2O4S. The fourth-order valence-corrected chi connectivity index (χ4v) is 3.37. The maximum Gasteiger partial charge on any atom is 0.241 e. The van der Waals surface area contributed by atoms with Gasteiger partial charge in [0.25, 0.3) is 0 Å². The van der Waals surface area contributed by atoms with E-state index in [4.69, 9.17) is 27.9 Å². The fraction of sp³-hybridized carbons (Fsp3) is 0.235.